The van der Waals surface area contributed by atoms with Crippen molar-refractivity contribution in [3.8, 4) is 17.6 Å². The van der Waals surface area contributed by atoms with E-state index in [2.05, 4.69) is 16.8 Å². The molecule has 206 valence electrons. The van der Waals surface area contributed by atoms with Crippen molar-refractivity contribution in [3.05, 3.63) is 70.7 Å². The monoisotopic (exact) mass is 542 g/mol. The minimum Gasteiger partial charge on any atom is -0.497 e. The standard InChI is InChI=1S/C30H30F4N2O3/c1-19-18-35-26-6-5-21(39-2)16-22(26)28(19)23(31)7-8-30(17-27(37)38)9-12-36(13-10-30)11-3-4-20-14-24(32)29(34)25(33)15-20/h5-6,14-16,18,23H,7-13,17H2,1-2H3,(H,37,38). The van der Waals surface area contributed by atoms with Crippen molar-refractivity contribution in [2.75, 3.05) is 26.7 Å². The van der Waals surface area contributed by atoms with Crippen molar-refractivity contribution in [3.63, 3.8) is 0 Å². The summed E-state index contributed by atoms with van der Waals surface area (Å²) in [6.45, 7) is 3.23. The fraction of sp³-hybridized carbons (Fsp3) is 0.400. The van der Waals surface area contributed by atoms with E-state index >= 15 is 4.39 Å². The first-order valence-corrected chi connectivity index (χ1v) is 12.8. The molecule has 0 bridgehead atoms. The fourth-order valence-electron chi connectivity index (χ4n) is 5.31. The molecule has 5 nitrogen and oxygen atoms in total. The van der Waals surface area contributed by atoms with Crippen molar-refractivity contribution in [1.82, 2.24) is 9.88 Å². The van der Waals surface area contributed by atoms with Gasteiger partial charge in [-0.2, -0.15) is 0 Å². The molecule has 0 aliphatic carbocycles. The Hall–Kier alpha value is -3.64. The van der Waals surface area contributed by atoms with Gasteiger partial charge >= 0.3 is 5.97 Å². The van der Waals surface area contributed by atoms with Gasteiger partial charge in [0, 0.05) is 17.1 Å². The van der Waals surface area contributed by atoms with E-state index in [4.69, 9.17) is 4.74 Å². The van der Waals surface area contributed by atoms with E-state index in [9.17, 15) is 23.1 Å². The minimum absolute atomic E-state index is 0.0363. The zero-order chi connectivity index (χ0) is 28.2. The van der Waals surface area contributed by atoms with E-state index in [-0.39, 0.29) is 18.4 Å². The third-order valence-corrected chi connectivity index (χ3v) is 7.52. The second-order valence-corrected chi connectivity index (χ2v) is 10.1. The smallest absolute Gasteiger partial charge is 0.303 e. The first kappa shape index (κ1) is 28.4. The normalized spacial score (nSPS) is 15.9. The Morgan fingerprint density at radius 1 is 1.18 bits per heavy atom. The molecule has 2 aromatic carbocycles. The summed E-state index contributed by atoms with van der Waals surface area (Å²) in [6, 6.07) is 7.03. The highest BCUT2D eigenvalue weighted by molar-refractivity contribution is 5.85. The van der Waals surface area contributed by atoms with Crippen molar-refractivity contribution in [2.45, 2.75) is 45.2 Å². The van der Waals surface area contributed by atoms with Crippen molar-refractivity contribution in [1.29, 1.82) is 0 Å². The van der Waals surface area contributed by atoms with E-state index in [1.54, 1.807) is 31.5 Å². The first-order valence-electron chi connectivity index (χ1n) is 12.8. The molecule has 2 heterocycles. The average molecular weight is 543 g/mol. The molecule has 1 N–H and O–H groups in total. The van der Waals surface area contributed by atoms with Gasteiger partial charge in [0.1, 0.15) is 11.9 Å². The zero-order valence-electron chi connectivity index (χ0n) is 21.9. The third kappa shape index (κ3) is 6.69. The number of hydrogen-bond acceptors (Lipinski definition) is 4. The summed E-state index contributed by atoms with van der Waals surface area (Å²) < 4.78 is 61.0. The predicted octanol–water partition coefficient (Wildman–Crippen LogP) is 6.37. The molecule has 1 atom stereocenters. The molecule has 1 fully saturated rings. The fourth-order valence-corrected chi connectivity index (χ4v) is 5.31. The molecular weight excluding hydrogens is 512 g/mol. The van der Waals surface area contributed by atoms with Gasteiger partial charge in [-0.05, 0) is 92.6 Å². The van der Waals surface area contributed by atoms with Gasteiger partial charge in [-0.1, -0.05) is 11.8 Å². The molecule has 1 aliphatic rings. The van der Waals surface area contributed by atoms with Crippen LogP contribution in [-0.2, 0) is 4.79 Å². The molecule has 39 heavy (non-hydrogen) atoms. The Morgan fingerprint density at radius 3 is 2.51 bits per heavy atom. The topological polar surface area (TPSA) is 62.7 Å². The zero-order valence-corrected chi connectivity index (χ0v) is 21.9. The number of rotatable bonds is 8. The van der Waals surface area contributed by atoms with Gasteiger partial charge in [-0.15, -0.1) is 0 Å². The molecule has 0 spiro atoms. The van der Waals surface area contributed by atoms with Crippen LogP contribution in [0, 0.1) is 41.6 Å². The van der Waals surface area contributed by atoms with E-state index in [0.29, 0.717) is 61.1 Å². The Labute approximate surface area is 224 Å². The van der Waals surface area contributed by atoms with E-state index < -0.39 is 35.0 Å². The number of carboxylic acids is 1. The van der Waals surface area contributed by atoms with Gasteiger partial charge in [-0.25, -0.2) is 17.6 Å². The van der Waals surface area contributed by atoms with Crippen LogP contribution in [0.5, 0.6) is 5.75 Å². The van der Waals surface area contributed by atoms with E-state index in [0.717, 1.165) is 17.7 Å². The summed E-state index contributed by atoms with van der Waals surface area (Å²) in [4.78, 5) is 18.1. The van der Waals surface area contributed by atoms with Gasteiger partial charge in [0.15, 0.2) is 17.5 Å². The molecule has 3 aromatic rings. The Morgan fingerprint density at radius 2 is 1.87 bits per heavy atom. The molecule has 1 unspecified atom stereocenters. The van der Waals surface area contributed by atoms with E-state index in [1.807, 2.05) is 11.8 Å². The number of aryl methyl sites for hydroxylation is 1. The van der Waals surface area contributed by atoms with Crippen LogP contribution in [0.15, 0.2) is 36.5 Å². The molecule has 0 saturated carbocycles. The van der Waals surface area contributed by atoms with Crippen molar-refractivity contribution < 1.29 is 32.2 Å². The van der Waals surface area contributed by atoms with Crippen LogP contribution >= 0.6 is 0 Å². The van der Waals surface area contributed by atoms with Gasteiger partial charge < -0.3 is 9.84 Å². The maximum absolute atomic E-state index is 15.8. The van der Waals surface area contributed by atoms with Gasteiger partial charge in [0.2, 0.25) is 0 Å². The summed E-state index contributed by atoms with van der Waals surface area (Å²) in [5.74, 6) is 1.05. The Bertz CT molecular complexity index is 1400. The number of likely N-dealkylation sites (tertiary alicyclic amines) is 1. The lowest BCUT2D eigenvalue weighted by Gasteiger charge is -2.41. The molecule has 4 rings (SSSR count). The number of alkyl halides is 1. The van der Waals surface area contributed by atoms with Crippen LogP contribution in [0.4, 0.5) is 17.6 Å². The number of hydrogen-bond donors (Lipinski definition) is 1. The van der Waals surface area contributed by atoms with E-state index in [1.165, 1.54) is 0 Å². The maximum atomic E-state index is 15.8. The molecule has 0 amide bonds. The summed E-state index contributed by atoms with van der Waals surface area (Å²) in [5, 5.41) is 10.3. The number of nitrogens with zero attached hydrogens (tertiary/aromatic N) is 2. The second kappa shape index (κ2) is 12.0. The first-order chi connectivity index (χ1) is 18.6. The van der Waals surface area contributed by atoms with Crippen LogP contribution in [-0.4, -0.2) is 47.7 Å². The van der Waals surface area contributed by atoms with Gasteiger partial charge in [0.05, 0.1) is 25.6 Å². The number of ether oxygens (including phenoxy) is 1. The number of methoxy groups -OCH3 is 1. The number of aromatic nitrogens is 1. The van der Waals surface area contributed by atoms with Crippen LogP contribution in [0.1, 0.15) is 55.0 Å². The lowest BCUT2D eigenvalue weighted by Crippen LogP contribution is -2.41. The lowest BCUT2D eigenvalue weighted by molar-refractivity contribution is -0.141. The Balaban J connectivity index is 1.43. The Kier molecular flexibility index (Phi) is 8.76. The van der Waals surface area contributed by atoms with Crippen molar-refractivity contribution in [2.24, 2.45) is 5.41 Å². The molecule has 0 radical (unpaired) electrons. The van der Waals surface area contributed by atoms with Crippen LogP contribution in [0.2, 0.25) is 0 Å². The lowest BCUT2D eigenvalue weighted by atomic mass is 9.71. The quantitative estimate of drug-likeness (QED) is 0.204. The van der Waals surface area contributed by atoms with Crippen LogP contribution in [0.3, 0.4) is 0 Å². The number of carbonyl (C=O) groups is 1. The average Bonchev–Trinajstić information content (AvgIpc) is 2.90. The highest BCUT2D eigenvalue weighted by atomic mass is 19.2. The van der Waals surface area contributed by atoms with Crippen LogP contribution in [0.25, 0.3) is 10.9 Å². The summed E-state index contributed by atoms with van der Waals surface area (Å²) in [6.07, 6.45) is 1.98. The molecular formula is C30H30F4N2O3. The molecule has 1 saturated heterocycles. The predicted molar refractivity (Wildman–Crippen MR) is 140 cm³/mol. The van der Waals surface area contributed by atoms with Gasteiger partial charge in [-0.3, -0.25) is 14.7 Å². The highest BCUT2D eigenvalue weighted by Gasteiger charge is 2.37. The van der Waals surface area contributed by atoms with Gasteiger partial charge in [0.25, 0.3) is 0 Å². The number of aliphatic carboxylic acids is 1. The number of fused-ring (bicyclic) bond motifs is 1. The SMILES string of the molecule is COc1ccc2ncc(C)c(C(F)CCC3(CC(=O)O)CCN(CC#Cc4cc(F)c(F)c(F)c4)CC3)c2c1. The largest absolute Gasteiger partial charge is 0.497 e. The molecule has 9 heteroatoms. The third-order valence-electron chi connectivity index (χ3n) is 7.52. The van der Waals surface area contributed by atoms with Crippen molar-refractivity contribution >= 4 is 16.9 Å². The number of pyridine rings is 1. The van der Waals surface area contributed by atoms with Crippen LogP contribution < -0.4 is 4.74 Å². The summed E-state index contributed by atoms with van der Waals surface area (Å²) in [7, 11) is 1.55. The maximum Gasteiger partial charge on any atom is 0.303 e. The number of piperidine rings is 1. The highest BCUT2D eigenvalue weighted by Crippen LogP contribution is 2.43. The number of carboxylic acid groups (broad SMARTS) is 1. The number of benzene rings is 2. The number of halogens is 4. The summed E-state index contributed by atoms with van der Waals surface area (Å²) >= 11 is 0. The second-order valence-electron chi connectivity index (χ2n) is 10.1. The molecule has 1 aromatic heterocycles. The summed E-state index contributed by atoms with van der Waals surface area (Å²) in [5.41, 5.74) is 1.42. The minimum atomic E-state index is -1.53. The molecule has 1 aliphatic heterocycles.